The molecule has 0 spiro atoms. The van der Waals surface area contributed by atoms with Gasteiger partial charge in [-0.3, -0.25) is 0 Å². The highest BCUT2D eigenvalue weighted by Crippen LogP contribution is 2.70. The Morgan fingerprint density at radius 3 is 1.34 bits per heavy atom. The highest BCUT2D eigenvalue weighted by Gasteiger charge is 2.38. The minimum absolute atomic E-state index is 0.0409. The van der Waals surface area contributed by atoms with Crippen molar-refractivity contribution in [1.29, 1.82) is 0 Å². The highest BCUT2D eigenvalue weighted by molar-refractivity contribution is 8.33. The molecule has 4 aromatic carbocycles. The molecule has 32 heavy (non-hydrogen) atoms. The summed E-state index contributed by atoms with van der Waals surface area (Å²) in [6.07, 6.45) is 0. The Morgan fingerprint density at radius 1 is 0.562 bits per heavy atom. The third kappa shape index (κ3) is 4.24. The largest absolute Gasteiger partial charge is 0.307 e. The maximum absolute atomic E-state index is 13.9. The van der Waals surface area contributed by atoms with Gasteiger partial charge in [-0.15, -0.1) is 0 Å². The van der Waals surface area contributed by atoms with Crippen LogP contribution in [-0.2, 0) is 13.7 Å². The van der Waals surface area contributed by atoms with Crippen molar-refractivity contribution in [3.8, 4) is 0 Å². The summed E-state index contributed by atoms with van der Waals surface area (Å²) in [6, 6.07) is 36.0. The molecule has 164 valence electrons. The van der Waals surface area contributed by atoms with Crippen LogP contribution in [0.15, 0.2) is 135 Å². The summed E-state index contributed by atoms with van der Waals surface area (Å²) < 4.78 is 34.2. The molecule has 0 aliphatic heterocycles. The molecule has 0 saturated heterocycles. The Kier molecular flexibility index (Phi) is 6.51. The Bertz CT molecular complexity index is 1170. The third-order valence-corrected chi connectivity index (χ3v) is 10.5. The molecule has 5 heteroatoms. The quantitative estimate of drug-likeness (QED) is 0.287. The second kappa shape index (κ2) is 9.33. The Morgan fingerprint density at radius 2 is 0.938 bits per heavy atom. The van der Waals surface area contributed by atoms with Crippen molar-refractivity contribution in [2.45, 2.75) is 39.3 Å². The van der Waals surface area contributed by atoms with Crippen molar-refractivity contribution in [2.24, 2.45) is 0 Å². The zero-order valence-electron chi connectivity index (χ0n) is 18.1. The van der Waals surface area contributed by atoms with E-state index in [-0.39, 0.29) is 10.8 Å². The summed E-state index contributed by atoms with van der Waals surface area (Å²) in [4.78, 5) is 2.68. The van der Waals surface area contributed by atoms with Crippen LogP contribution >= 0.6 is 10.3 Å². The summed E-state index contributed by atoms with van der Waals surface area (Å²) in [6.45, 7) is 3.97. The monoisotopic (exact) mass is 462 g/mol. The van der Waals surface area contributed by atoms with E-state index in [4.69, 9.17) is 3.63 Å². The van der Waals surface area contributed by atoms with Crippen LogP contribution in [-0.4, -0.2) is 8.42 Å². The van der Waals surface area contributed by atoms with Gasteiger partial charge in [-0.1, -0.05) is 86.6 Å². The molecule has 0 saturated carbocycles. The predicted molar refractivity (Wildman–Crippen MR) is 131 cm³/mol. The summed E-state index contributed by atoms with van der Waals surface area (Å²) >= 11 is 0. The number of hydrogen-bond donors (Lipinski definition) is 0. The molecule has 0 amide bonds. The molecule has 0 radical (unpaired) electrons. The average Bonchev–Trinajstić information content (AvgIpc) is 2.84. The first-order valence-corrected chi connectivity index (χ1v) is 13.5. The van der Waals surface area contributed by atoms with E-state index in [2.05, 4.69) is 0 Å². The number of rotatable bonds is 7. The minimum atomic E-state index is -4.10. The fourth-order valence-corrected chi connectivity index (χ4v) is 9.31. The van der Waals surface area contributed by atoms with E-state index in [1.807, 2.05) is 117 Å². The molecule has 4 aromatic rings. The Balaban J connectivity index is 2.01. The normalized spacial score (nSPS) is 12.6. The average molecular weight is 463 g/mol. The van der Waals surface area contributed by atoms with E-state index in [1.165, 1.54) is 0 Å². The molecule has 0 bridgehead atoms. The maximum Gasteiger partial charge on any atom is 0.307 e. The molecule has 0 fully saturated rings. The van der Waals surface area contributed by atoms with E-state index in [9.17, 15) is 8.42 Å². The molecular weight excluding hydrogens is 436 g/mol. The lowest BCUT2D eigenvalue weighted by Gasteiger charge is -2.39. The van der Waals surface area contributed by atoms with Gasteiger partial charge in [0.1, 0.15) is 0 Å². The molecule has 0 aliphatic rings. The maximum atomic E-state index is 13.9. The van der Waals surface area contributed by atoms with E-state index in [0.29, 0.717) is 0 Å². The molecule has 0 unspecified atom stereocenters. The Hall–Kier alpha value is -2.86. The second-order valence-electron chi connectivity index (χ2n) is 7.71. The van der Waals surface area contributed by atoms with E-state index in [0.717, 1.165) is 20.2 Å². The van der Waals surface area contributed by atoms with Crippen LogP contribution in [0, 0.1) is 0 Å². The van der Waals surface area contributed by atoms with Gasteiger partial charge in [-0.05, 0) is 64.3 Å². The fourth-order valence-electron chi connectivity index (χ4n) is 3.72. The van der Waals surface area contributed by atoms with Crippen LogP contribution in [0.25, 0.3) is 0 Å². The van der Waals surface area contributed by atoms with E-state index in [1.54, 1.807) is 12.1 Å². The third-order valence-electron chi connectivity index (χ3n) is 5.23. The topological polar surface area (TPSA) is 43.4 Å². The van der Waals surface area contributed by atoms with Crippen LogP contribution in [0.4, 0.5) is 0 Å². The van der Waals surface area contributed by atoms with Gasteiger partial charge in [0, 0.05) is 14.7 Å². The van der Waals surface area contributed by atoms with Crippen LogP contribution in [0.2, 0.25) is 0 Å². The first kappa shape index (κ1) is 22.3. The fraction of sp³-hybridized carbons (Fsp3) is 0.111. The summed E-state index contributed by atoms with van der Waals surface area (Å²) in [5, 5.41) is 0. The molecule has 0 aliphatic carbocycles. The summed E-state index contributed by atoms with van der Waals surface area (Å²) in [5.74, 6) is 0.0409. The van der Waals surface area contributed by atoms with Crippen LogP contribution < -0.4 is 0 Å². The van der Waals surface area contributed by atoms with Crippen molar-refractivity contribution in [1.82, 2.24) is 0 Å². The number of hydrogen-bond acceptors (Lipinski definition) is 3. The van der Waals surface area contributed by atoms with Gasteiger partial charge in [-0.2, -0.15) is 8.42 Å². The van der Waals surface area contributed by atoms with Gasteiger partial charge >= 0.3 is 10.1 Å². The molecule has 4 rings (SSSR count). The van der Waals surface area contributed by atoms with Gasteiger partial charge < -0.3 is 0 Å². The lowest BCUT2D eigenvalue weighted by atomic mass is 10.0. The molecule has 3 nitrogen and oxygen atoms in total. The predicted octanol–water partition coefficient (Wildman–Crippen LogP) is 7.41. The minimum Gasteiger partial charge on any atom is -0.203 e. The molecule has 0 heterocycles. The van der Waals surface area contributed by atoms with Crippen LogP contribution in [0.5, 0.6) is 0 Å². The highest BCUT2D eigenvalue weighted by atomic mass is 32.3. The van der Waals surface area contributed by atoms with Crippen molar-refractivity contribution in [3.05, 3.63) is 121 Å². The zero-order chi connectivity index (χ0) is 22.6. The first-order chi connectivity index (χ1) is 15.4. The lowest BCUT2D eigenvalue weighted by Crippen LogP contribution is -2.16. The molecule has 0 N–H and O–H groups in total. The van der Waals surface area contributed by atoms with Crippen LogP contribution in [0.3, 0.4) is 0 Å². The smallest absolute Gasteiger partial charge is 0.203 e. The van der Waals surface area contributed by atoms with Crippen molar-refractivity contribution in [3.63, 3.8) is 0 Å². The van der Waals surface area contributed by atoms with Gasteiger partial charge in [0.25, 0.3) is 0 Å². The lowest BCUT2D eigenvalue weighted by molar-refractivity contribution is 0.506. The standard InChI is InChI=1S/C27H26O3S2/c1-22(2)26-20-12-13-21-27(26)32(28,29)30-31(23-14-6-3-7-15-23,24-16-8-4-9-17-24)25-18-10-5-11-19-25/h3-22H,1-2H3. The SMILES string of the molecule is CC(C)c1ccccc1S(=O)(=O)OS(c1ccccc1)(c1ccccc1)c1ccccc1. The second-order valence-corrected chi connectivity index (χ2v) is 12.1. The van der Waals surface area contributed by atoms with Crippen LogP contribution in [0.1, 0.15) is 25.3 Å². The van der Waals surface area contributed by atoms with Crippen molar-refractivity contribution in [2.75, 3.05) is 0 Å². The molecule has 0 atom stereocenters. The zero-order valence-corrected chi connectivity index (χ0v) is 19.7. The van der Waals surface area contributed by atoms with Crippen molar-refractivity contribution >= 4 is 20.4 Å². The van der Waals surface area contributed by atoms with Gasteiger partial charge in [0.2, 0.25) is 0 Å². The summed E-state index contributed by atoms with van der Waals surface area (Å²) in [7, 11) is -6.67. The summed E-state index contributed by atoms with van der Waals surface area (Å²) in [5.41, 5.74) is 0.745. The van der Waals surface area contributed by atoms with Gasteiger partial charge in [0.05, 0.1) is 4.90 Å². The van der Waals surface area contributed by atoms with Gasteiger partial charge in [0.15, 0.2) is 0 Å². The van der Waals surface area contributed by atoms with E-state index < -0.39 is 20.4 Å². The Labute approximate surface area is 192 Å². The number of benzene rings is 4. The van der Waals surface area contributed by atoms with E-state index >= 15 is 0 Å². The van der Waals surface area contributed by atoms with Gasteiger partial charge in [-0.25, -0.2) is 3.63 Å². The molecular formula is C27H26O3S2. The molecule has 0 aromatic heterocycles. The first-order valence-electron chi connectivity index (χ1n) is 10.5. The van der Waals surface area contributed by atoms with Crippen molar-refractivity contribution < 1.29 is 12.0 Å².